The second-order valence-electron chi connectivity index (χ2n) is 6.88. The molecule has 27 heavy (non-hydrogen) atoms. The predicted octanol–water partition coefficient (Wildman–Crippen LogP) is 0.561. The fraction of sp³-hybridized carbons (Fsp3) is 0.588. The van der Waals surface area contributed by atoms with Crippen molar-refractivity contribution in [2.24, 2.45) is 7.05 Å². The van der Waals surface area contributed by atoms with E-state index < -0.39 is 10.0 Å². The van der Waals surface area contributed by atoms with Gasteiger partial charge < -0.3 is 4.90 Å². The van der Waals surface area contributed by atoms with E-state index in [-0.39, 0.29) is 16.5 Å². The van der Waals surface area contributed by atoms with Crippen LogP contribution in [0.15, 0.2) is 21.8 Å². The van der Waals surface area contributed by atoms with Crippen LogP contribution < -0.4 is 15.2 Å². The number of anilines is 1. The topological polar surface area (TPSA) is 102 Å². The first-order valence-electron chi connectivity index (χ1n) is 9.08. The lowest BCUT2D eigenvalue weighted by atomic mass is 10.1. The summed E-state index contributed by atoms with van der Waals surface area (Å²) in [5.41, 5.74) is 0.967. The molecule has 1 N–H and O–H groups in total. The Hall–Kier alpha value is -2.20. The quantitative estimate of drug-likeness (QED) is 0.795. The van der Waals surface area contributed by atoms with E-state index in [0.29, 0.717) is 30.3 Å². The summed E-state index contributed by atoms with van der Waals surface area (Å²) in [6.07, 6.45) is 1.59. The van der Waals surface area contributed by atoms with Crippen LogP contribution in [0.4, 0.5) is 5.82 Å². The summed E-state index contributed by atoms with van der Waals surface area (Å²) in [5, 5.41) is 8.58. The average Bonchev–Trinajstić information content (AvgIpc) is 2.87. The van der Waals surface area contributed by atoms with E-state index in [1.807, 2.05) is 11.8 Å². The minimum atomic E-state index is -3.66. The molecule has 3 heterocycles. The van der Waals surface area contributed by atoms with Crippen molar-refractivity contribution in [3.63, 3.8) is 0 Å². The molecule has 9 nitrogen and oxygen atoms in total. The molecule has 0 amide bonds. The van der Waals surface area contributed by atoms with E-state index in [1.165, 1.54) is 10.7 Å². The van der Waals surface area contributed by atoms with Gasteiger partial charge in [0.05, 0.1) is 11.4 Å². The Morgan fingerprint density at radius 2 is 2.00 bits per heavy atom. The van der Waals surface area contributed by atoms with Crippen LogP contribution in [0.1, 0.15) is 31.2 Å². The van der Waals surface area contributed by atoms with Gasteiger partial charge in [-0.1, -0.05) is 0 Å². The number of nitrogens with one attached hydrogen (secondary N) is 1. The zero-order chi connectivity index (χ0) is 19.8. The van der Waals surface area contributed by atoms with Crippen molar-refractivity contribution < 1.29 is 8.42 Å². The third-order valence-corrected chi connectivity index (χ3v) is 6.70. The molecule has 1 saturated heterocycles. The maximum Gasteiger partial charge on any atom is 0.266 e. The SMILES string of the molecule is CCn1nc(N2CCCC(NS(=O)(=O)c3c(C)nn(C)c3C)C2)ccc1=O. The molecule has 1 unspecified atom stereocenters. The van der Waals surface area contributed by atoms with Crippen molar-refractivity contribution >= 4 is 15.8 Å². The minimum Gasteiger partial charge on any atom is -0.354 e. The number of aromatic nitrogens is 4. The Balaban J connectivity index is 1.79. The molecule has 148 valence electrons. The van der Waals surface area contributed by atoms with E-state index in [1.54, 1.807) is 31.6 Å². The van der Waals surface area contributed by atoms with Crippen molar-refractivity contribution in [3.8, 4) is 0 Å². The van der Waals surface area contributed by atoms with Crippen LogP contribution in [-0.4, -0.2) is 47.1 Å². The van der Waals surface area contributed by atoms with Crippen LogP contribution in [0.3, 0.4) is 0 Å². The molecule has 1 aliphatic heterocycles. The van der Waals surface area contributed by atoms with Gasteiger partial charge in [0.1, 0.15) is 10.7 Å². The fourth-order valence-corrected chi connectivity index (χ4v) is 5.24. The highest BCUT2D eigenvalue weighted by molar-refractivity contribution is 7.89. The zero-order valence-electron chi connectivity index (χ0n) is 16.1. The Labute approximate surface area is 159 Å². The molecular weight excluding hydrogens is 368 g/mol. The van der Waals surface area contributed by atoms with Crippen LogP contribution in [0.25, 0.3) is 0 Å². The Kier molecular flexibility index (Phi) is 5.38. The first kappa shape index (κ1) is 19.6. The number of sulfonamides is 1. The molecule has 0 bridgehead atoms. The average molecular weight is 395 g/mol. The maximum absolute atomic E-state index is 12.9. The molecule has 10 heteroatoms. The number of nitrogens with zero attached hydrogens (tertiary/aromatic N) is 5. The van der Waals surface area contributed by atoms with Gasteiger partial charge >= 0.3 is 0 Å². The lowest BCUT2D eigenvalue weighted by molar-refractivity contribution is 0.459. The maximum atomic E-state index is 12.9. The summed E-state index contributed by atoms with van der Waals surface area (Å²) < 4.78 is 31.6. The van der Waals surface area contributed by atoms with Gasteiger partial charge in [0.15, 0.2) is 0 Å². The van der Waals surface area contributed by atoms with Crippen molar-refractivity contribution in [2.45, 2.75) is 51.1 Å². The molecule has 0 aliphatic carbocycles. The van der Waals surface area contributed by atoms with E-state index in [0.717, 1.165) is 19.4 Å². The van der Waals surface area contributed by atoms with Gasteiger partial charge in [-0.25, -0.2) is 17.8 Å². The van der Waals surface area contributed by atoms with Crippen LogP contribution in [0.2, 0.25) is 0 Å². The second-order valence-corrected chi connectivity index (χ2v) is 8.53. The second kappa shape index (κ2) is 7.43. The molecule has 3 rings (SSSR count). The number of hydrogen-bond donors (Lipinski definition) is 1. The Morgan fingerprint density at radius 1 is 1.26 bits per heavy atom. The van der Waals surface area contributed by atoms with E-state index in [2.05, 4.69) is 14.9 Å². The molecule has 2 aromatic rings. The molecule has 0 radical (unpaired) electrons. The molecule has 1 aliphatic rings. The van der Waals surface area contributed by atoms with E-state index in [4.69, 9.17) is 0 Å². The van der Waals surface area contributed by atoms with Crippen molar-refractivity contribution in [1.82, 2.24) is 24.3 Å². The van der Waals surface area contributed by atoms with Gasteiger partial charge in [0.25, 0.3) is 5.56 Å². The predicted molar refractivity (Wildman–Crippen MR) is 102 cm³/mol. The lowest BCUT2D eigenvalue weighted by Crippen LogP contribution is -2.48. The highest BCUT2D eigenvalue weighted by Crippen LogP contribution is 2.22. The minimum absolute atomic E-state index is 0.141. The molecule has 1 fully saturated rings. The van der Waals surface area contributed by atoms with Gasteiger partial charge in [-0.2, -0.15) is 10.2 Å². The molecule has 0 aromatic carbocycles. The van der Waals surface area contributed by atoms with Crippen LogP contribution in [0, 0.1) is 13.8 Å². The van der Waals surface area contributed by atoms with Gasteiger partial charge in [-0.15, -0.1) is 0 Å². The molecule has 0 spiro atoms. The van der Waals surface area contributed by atoms with Crippen molar-refractivity contribution in [3.05, 3.63) is 33.9 Å². The lowest BCUT2D eigenvalue weighted by Gasteiger charge is -2.33. The molecular formula is C17H26N6O3S. The van der Waals surface area contributed by atoms with E-state index >= 15 is 0 Å². The number of aryl methyl sites for hydroxylation is 3. The first-order chi connectivity index (χ1) is 12.7. The van der Waals surface area contributed by atoms with Crippen molar-refractivity contribution in [2.75, 3.05) is 18.0 Å². The normalized spacial score (nSPS) is 18.1. The monoisotopic (exact) mass is 394 g/mol. The summed E-state index contributed by atoms with van der Waals surface area (Å²) >= 11 is 0. The van der Waals surface area contributed by atoms with Gasteiger partial charge in [0, 0.05) is 38.8 Å². The third-order valence-electron chi connectivity index (χ3n) is 4.93. The van der Waals surface area contributed by atoms with Gasteiger partial charge in [-0.05, 0) is 39.7 Å². The summed E-state index contributed by atoms with van der Waals surface area (Å²) in [7, 11) is -1.93. The summed E-state index contributed by atoms with van der Waals surface area (Å²) in [6.45, 7) is 7.09. The highest BCUT2D eigenvalue weighted by atomic mass is 32.2. The van der Waals surface area contributed by atoms with E-state index in [9.17, 15) is 13.2 Å². The zero-order valence-corrected chi connectivity index (χ0v) is 17.0. The van der Waals surface area contributed by atoms with Gasteiger partial charge in [0.2, 0.25) is 10.0 Å². The standard InChI is InChI=1S/C17H26N6O3S/c1-5-23-16(24)9-8-15(19-23)22-10-6-7-14(11-22)20-27(25,26)17-12(2)18-21(4)13(17)3/h8-9,14,20H,5-7,10-11H2,1-4H3. The fourth-order valence-electron chi connectivity index (χ4n) is 3.54. The number of hydrogen-bond acceptors (Lipinski definition) is 6. The smallest absolute Gasteiger partial charge is 0.266 e. The third kappa shape index (κ3) is 3.91. The van der Waals surface area contributed by atoms with Crippen molar-refractivity contribution in [1.29, 1.82) is 0 Å². The van der Waals surface area contributed by atoms with Crippen LogP contribution in [0.5, 0.6) is 0 Å². The largest absolute Gasteiger partial charge is 0.354 e. The molecule has 0 saturated carbocycles. The molecule has 2 aromatic heterocycles. The van der Waals surface area contributed by atoms with Crippen LogP contribution in [-0.2, 0) is 23.6 Å². The molecule has 1 atom stereocenters. The summed E-state index contributed by atoms with van der Waals surface area (Å²) in [4.78, 5) is 14.0. The Morgan fingerprint density at radius 3 is 2.63 bits per heavy atom. The summed E-state index contributed by atoms with van der Waals surface area (Å²) in [5.74, 6) is 0.689. The van der Waals surface area contributed by atoms with Gasteiger partial charge in [-0.3, -0.25) is 9.48 Å². The number of rotatable bonds is 5. The van der Waals surface area contributed by atoms with Crippen LogP contribution >= 0.6 is 0 Å². The Bertz CT molecular complexity index is 995. The number of piperidine rings is 1. The summed E-state index contributed by atoms with van der Waals surface area (Å²) in [6, 6.07) is 2.97. The first-order valence-corrected chi connectivity index (χ1v) is 10.6. The highest BCUT2D eigenvalue weighted by Gasteiger charge is 2.29.